The lowest BCUT2D eigenvalue weighted by Crippen LogP contribution is -2.68. The van der Waals surface area contributed by atoms with Crippen molar-refractivity contribution in [3.8, 4) is 75.4 Å². The molecule has 0 spiro atoms. The van der Waals surface area contributed by atoms with E-state index in [4.69, 9.17) is 72.9 Å². The van der Waals surface area contributed by atoms with E-state index in [0.29, 0.717) is 113 Å². The van der Waals surface area contributed by atoms with Crippen LogP contribution < -0.4 is 16.1 Å². The zero-order valence-corrected chi connectivity index (χ0v) is 72.5. The number of allylic oxidation sites excluding steroid dienone is 2. The van der Waals surface area contributed by atoms with Crippen LogP contribution in [-0.2, 0) is 28.4 Å². The second-order valence-electron chi connectivity index (χ2n) is 32.7. The highest BCUT2D eigenvalue weighted by Crippen LogP contribution is 2.56. The molecule has 6 N–H and O–H groups in total. The molecule has 10 aliphatic rings. The minimum atomic E-state index is -1.34. The molecule has 36 heteroatoms. The lowest BCUT2D eigenvalue weighted by atomic mass is 9.77. The van der Waals surface area contributed by atoms with Crippen LogP contribution in [0.1, 0.15) is 144 Å². The number of furan rings is 5. The van der Waals surface area contributed by atoms with Gasteiger partial charge in [-0.1, -0.05) is 104 Å². The van der Waals surface area contributed by atoms with Gasteiger partial charge in [-0.3, -0.25) is 20.2 Å². The van der Waals surface area contributed by atoms with Crippen molar-refractivity contribution in [2.45, 2.75) is 127 Å². The number of aromatic nitrogens is 6. The second-order valence-corrected chi connectivity index (χ2v) is 34.2. The number of Topliss-reactive ketones (excluding diaryl/α,β-unsaturated/α-hetero) is 2. The Balaban J connectivity index is 0.000000112. The van der Waals surface area contributed by atoms with Gasteiger partial charge in [-0.2, -0.15) is 26.3 Å². The number of nitrogens with zero attached hydrogens (tertiary/aromatic N) is 12. The van der Waals surface area contributed by atoms with Gasteiger partial charge in [-0.25, -0.2) is 55.7 Å². The van der Waals surface area contributed by atoms with Crippen LogP contribution in [0.25, 0.3) is 116 Å². The standard InChI is InChI=1S/C28H8N6O2.C22H12N2O6.C22H26N2O4.C14H17BO3.C6H2Br2N2O4.C3H2N2/c29-9-13(10-30)19-23-25(21-15-5-1-3-7-17(15)35-27(19)21)33-24-20(14(11-31)12-32)28-22(26(24)34-23)16-6-2-4-8-18(16)36-28;25-21(26)19-17(13-9-29-15-7-3-1-5-11(13)15)23-20(22(27)28)18(24-19)14-10-30-16-8-4-2-6-12(14)16;25-19-17-15(13-9-5-1-3-7-11(9)27-21(13)19)23-18-16(24-17)14-10-6-2-4-8-12(10)28-22(14)20(18)26;1-13(2)14(3,4)18-15(17-13)11-9-16-12-8-6-5-7-10(11)12;7-3-1(5(11)12)9-4(8)2(10-3)6(13)14;1-5-3-2-4/h1-8H;1-10H,(H,25,26)(H,27,28);9-12,15-18,23-24H,1-8H2;5-9H,1-4H3;(H,11,12)(H,13,14);3H2. The number of benzene rings is 5. The van der Waals surface area contributed by atoms with Crippen LogP contribution in [0, 0.1) is 75.1 Å². The Morgan fingerprint density at radius 3 is 1.20 bits per heavy atom. The molecule has 13 aromatic rings. The van der Waals surface area contributed by atoms with Gasteiger partial charge < -0.3 is 66.1 Å². The molecule has 131 heavy (non-hydrogen) atoms. The van der Waals surface area contributed by atoms with Gasteiger partial charge in [0, 0.05) is 66.5 Å². The number of aromatic carboxylic acids is 4. The molecule has 2 saturated carbocycles. The van der Waals surface area contributed by atoms with Crippen LogP contribution in [0.3, 0.4) is 0 Å². The Labute approximate surface area is 758 Å². The number of piperazine rings is 1. The number of hydrogen-bond acceptors (Lipinski definition) is 28. The minimum Gasteiger partial charge on any atom is -0.486 e. The summed E-state index contributed by atoms with van der Waals surface area (Å²) in [6.07, 6.45) is 13.7. The number of hydrogen-bond donors (Lipinski definition) is 6. The summed E-state index contributed by atoms with van der Waals surface area (Å²) in [7, 11) is -0.362. The highest BCUT2D eigenvalue weighted by Gasteiger charge is 2.62. The molecular formula is C95H67BBr2N14O19. The number of fused-ring (bicyclic) bond motifs is 21. The first kappa shape index (κ1) is 86.4. The number of ketones is 2. The fraction of sp³-hybridized carbons (Fsp3) is 0.242. The highest BCUT2D eigenvalue weighted by molar-refractivity contribution is 9.11. The first-order chi connectivity index (χ1) is 63.2. The molecule has 33 nitrogen and oxygen atoms in total. The lowest BCUT2D eigenvalue weighted by Gasteiger charge is -2.42. The van der Waals surface area contributed by atoms with E-state index in [9.17, 15) is 60.0 Å². The number of carbonyl (C=O) groups is 6. The van der Waals surface area contributed by atoms with E-state index < -0.39 is 23.9 Å². The lowest BCUT2D eigenvalue weighted by molar-refractivity contribution is -0.125. The molecule has 2 saturated heterocycles. The average Bonchev–Trinajstić information content (AvgIpc) is 1.53. The van der Waals surface area contributed by atoms with E-state index >= 15 is 0 Å². The summed E-state index contributed by atoms with van der Waals surface area (Å²) in [6, 6.07) is 45.2. The molecule has 12 heterocycles. The maximum Gasteiger partial charge on any atom is 0.498 e. The van der Waals surface area contributed by atoms with Crippen LogP contribution in [-0.4, -0.2) is 147 Å². The Bertz CT molecular complexity index is 7100. The zero-order chi connectivity index (χ0) is 91.9. The number of rotatable bonds is 7. The van der Waals surface area contributed by atoms with Crippen molar-refractivity contribution in [2.75, 3.05) is 6.54 Å². The van der Waals surface area contributed by atoms with Crippen molar-refractivity contribution < 1.29 is 90.1 Å². The largest absolute Gasteiger partial charge is 0.498 e. The predicted octanol–water partition coefficient (Wildman–Crippen LogP) is 16.4. The fourth-order valence-corrected chi connectivity index (χ4v) is 19.3. The Morgan fingerprint density at radius 2 is 0.824 bits per heavy atom. The molecule has 8 aromatic heterocycles. The summed E-state index contributed by atoms with van der Waals surface area (Å²) in [5.74, 6) is -2.52. The molecular weight excluding hydrogens is 1810 g/mol. The molecule has 4 fully saturated rings. The number of carboxylic acid groups (broad SMARTS) is 4. The molecule has 0 radical (unpaired) electrons. The summed E-state index contributed by atoms with van der Waals surface area (Å²) in [6.45, 7) is 14.2. The van der Waals surface area contributed by atoms with Crippen molar-refractivity contribution in [3.63, 3.8) is 0 Å². The summed E-state index contributed by atoms with van der Waals surface area (Å²) >= 11 is 5.62. The van der Waals surface area contributed by atoms with E-state index in [2.05, 4.69) is 95.0 Å². The molecule has 4 aliphatic heterocycles. The van der Waals surface area contributed by atoms with Crippen LogP contribution in [0.5, 0.6) is 0 Å². The molecule has 0 amide bonds. The number of para-hydroxylation sites is 5. The molecule has 5 aromatic carbocycles. The Hall–Kier alpha value is -15.4. The van der Waals surface area contributed by atoms with Crippen LogP contribution >= 0.6 is 31.9 Å². The Morgan fingerprint density at radius 1 is 0.466 bits per heavy atom. The van der Waals surface area contributed by atoms with Crippen LogP contribution in [0.2, 0.25) is 0 Å². The maximum atomic E-state index is 13.2. The zero-order valence-electron chi connectivity index (χ0n) is 69.4. The van der Waals surface area contributed by atoms with Crippen molar-refractivity contribution in [2.24, 2.45) is 11.8 Å². The smallest absolute Gasteiger partial charge is 0.486 e. The quantitative estimate of drug-likeness (QED) is 0.0373. The van der Waals surface area contributed by atoms with Crippen molar-refractivity contribution in [3.05, 3.63) is 240 Å². The third-order valence-electron chi connectivity index (χ3n) is 24.9. The van der Waals surface area contributed by atoms with E-state index in [0.717, 1.165) is 64.0 Å². The third kappa shape index (κ3) is 14.8. The first-order valence-corrected chi connectivity index (χ1v) is 42.8. The normalized spacial score (nSPS) is 20.5. The molecule has 8 atom stereocenters. The highest BCUT2D eigenvalue weighted by atomic mass is 79.9. The molecule has 0 bridgehead atoms. The summed E-state index contributed by atoms with van der Waals surface area (Å²) in [4.78, 5) is 99.5. The van der Waals surface area contributed by atoms with Gasteiger partial charge >= 0.3 is 31.0 Å². The summed E-state index contributed by atoms with van der Waals surface area (Å²) < 4.78 is 52.8. The maximum absolute atomic E-state index is 13.2. The minimum absolute atomic E-state index is 0.0139. The monoisotopic (exact) mass is 1880 g/mol. The predicted molar refractivity (Wildman–Crippen MR) is 473 cm³/mol. The molecule has 6 aliphatic carbocycles. The van der Waals surface area contributed by atoms with Gasteiger partial charge in [0.15, 0.2) is 34.3 Å². The van der Waals surface area contributed by atoms with Crippen LogP contribution in [0.15, 0.2) is 205 Å². The Kier molecular flexibility index (Phi) is 22.6. The summed E-state index contributed by atoms with van der Waals surface area (Å²) in [5.41, 5.74) is 7.67. The van der Waals surface area contributed by atoms with Crippen molar-refractivity contribution >= 4 is 146 Å². The van der Waals surface area contributed by atoms with Crippen molar-refractivity contribution in [1.29, 1.82) is 26.3 Å². The van der Waals surface area contributed by atoms with Gasteiger partial charge in [-0.15, -0.1) is 0 Å². The molecule has 648 valence electrons. The number of ether oxygens (including phenoxy) is 2. The van der Waals surface area contributed by atoms with E-state index in [1.54, 1.807) is 73.0 Å². The summed E-state index contributed by atoms with van der Waals surface area (Å²) in [5, 5.41) is 94.3. The van der Waals surface area contributed by atoms with Gasteiger partial charge in [0.2, 0.25) is 11.6 Å². The average molecular weight is 1880 g/mol. The fourth-order valence-electron chi connectivity index (χ4n) is 18.4. The van der Waals surface area contributed by atoms with Gasteiger partial charge in [0.1, 0.15) is 149 Å². The number of carboxylic acids is 4. The number of nitrogens with one attached hydrogen (secondary N) is 2. The number of nitriles is 5. The number of halogens is 2. The third-order valence-corrected chi connectivity index (χ3v) is 26.0. The van der Waals surface area contributed by atoms with Gasteiger partial charge in [0.05, 0.1) is 63.9 Å². The second kappa shape index (κ2) is 34.3. The molecule has 8 unspecified atom stereocenters. The SMILES string of the molecule is CC1(C)OB(c2coc3ccccc23)OC1(C)C.N#CC(C#N)=C1c2nc3c(nc2-c2c1oc1ccccc21)C(=C(C#N)C#N)c1oc2ccccc2c1-3.O=C(O)c1nc(-c2coc3ccccc23)c(C(=O)O)nc1-c1coc2ccccc12.O=C(O)c1nc(Br)c(C(=O)O)nc1Br.O=C1C2=C(C3CCCCC3O2)C2NC3C(=O)C4=C(C5CCCCC5O4)C3NC12.[C-]#[N+]CC#N. The molecule has 23 rings (SSSR count). The van der Waals surface area contributed by atoms with E-state index in [1.165, 1.54) is 38.2 Å². The first-order valence-electron chi connectivity index (χ1n) is 41.2. The van der Waals surface area contributed by atoms with E-state index in [-0.39, 0.29) is 138 Å². The number of carbonyl (C=O) groups excluding carboxylic acids is 2. The topological polar surface area (TPSA) is 511 Å². The van der Waals surface area contributed by atoms with Gasteiger partial charge in [0.25, 0.3) is 6.54 Å². The van der Waals surface area contributed by atoms with Crippen LogP contribution in [0.4, 0.5) is 0 Å². The van der Waals surface area contributed by atoms with Gasteiger partial charge in [-0.05, 0) is 128 Å². The van der Waals surface area contributed by atoms with E-state index in [1.807, 2.05) is 84.9 Å². The van der Waals surface area contributed by atoms with Crippen molar-refractivity contribution in [1.82, 2.24) is 40.5 Å².